The quantitative estimate of drug-likeness (QED) is 0.0319. The Morgan fingerprint density at radius 2 is 1.26 bits per heavy atom. The van der Waals surface area contributed by atoms with Gasteiger partial charge in [0, 0.05) is 65.3 Å². The molecule has 5 atom stereocenters. The smallest absolute Gasteiger partial charge is 0.248 e. The number of terminal acetylenes is 1. The van der Waals surface area contributed by atoms with E-state index in [1.54, 1.807) is 22.2 Å². The van der Waals surface area contributed by atoms with Crippen molar-refractivity contribution in [1.29, 1.82) is 0 Å². The van der Waals surface area contributed by atoms with Gasteiger partial charge < -0.3 is 67.8 Å². The summed E-state index contributed by atoms with van der Waals surface area (Å²) in [4.78, 5) is 73.7. The van der Waals surface area contributed by atoms with Crippen molar-refractivity contribution >= 4 is 41.5 Å². The molecule has 11 N–H and O–H groups in total. The largest absolute Gasteiger partial charge is 0.377 e. The summed E-state index contributed by atoms with van der Waals surface area (Å²) in [6.45, 7) is 9.98. The fourth-order valence-corrected chi connectivity index (χ4v) is 7.61. The zero-order chi connectivity index (χ0) is 49.0. The van der Waals surface area contributed by atoms with E-state index in [1.807, 2.05) is 23.6 Å². The maximum absolute atomic E-state index is 14.1. The summed E-state index contributed by atoms with van der Waals surface area (Å²) < 4.78 is 19.4. The number of ether oxygens (including phenoxy) is 3. The first kappa shape index (κ1) is 52.9. The molecule has 1 unspecified atom stereocenters. The van der Waals surface area contributed by atoms with E-state index < -0.39 is 29.9 Å². The van der Waals surface area contributed by atoms with Gasteiger partial charge >= 0.3 is 0 Å². The van der Waals surface area contributed by atoms with Crippen molar-refractivity contribution in [3.63, 3.8) is 0 Å². The normalized spacial score (nSPS) is 16.5. The molecule has 2 fully saturated rings. The minimum Gasteiger partial charge on any atom is -0.377 e. The van der Waals surface area contributed by atoms with Gasteiger partial charge in [0.25, 0.3) is 0 Å². The molecule has 2 aliphatic heterocycles. The highest BCUT2D eigenvalue weighted by atomic mass is 16.5. The molecule has 68 heavy (non-hydrogen) atoms. The standard InChI is InChI=1S/C42H69N19O7/c1-4-19-66-21-23-68-24-22-67-20-10-48-40-49-41(58-15-11-56(12-16-58)38(64)33(8-6-7-9-43)60-27-31(52-54-60)30(44)25-35(45)62)51-42(50-40)59-17-13-57(14-18-59)39(65)34(26-36(46)63)61-28-32(53-55-61)37(47)29(3)5-2/h1,27-30,33-34,37H,5-26,43-44,47H2,2-3H3,(H2,45,62)(H2,46,63)(H,48,49,50,51)/t29-,30-,33-,34-,37?/m0/s1. The Morgan fingerprint density at radius 3 is 1.82 bits per heavy atom. The van der Waals surface area contributed by atoms with E-state index in [4.69, 9.17) is 64.3 Å². The van der Waals surface area contributed by atoms with Crippen molar-refractivity contribution in [3.05, 3.63) is 23.8 Å². The van der Waals surface area contributed by atoms with Crippen LogP contribution in [0.4, 0.5) is 17.8 Å². The number of carbonyl (C=O) groups is 4. The third kappa shape index (κ3) is 15.5. The molecular formula is C42H69N19O7. The van der Waals surface area contributed by atoms with Gasteiger partial charge in [-0.1, -0.05) is 36.6 Å². The minimum atomic E-state index is -0.988. The van der Waals surface area contributed by atoms with E-state index in [-0.39, 0.29) is 43.2 Å². The highest BCUT2D eigenvalue weighted by molar-refractivity contribution is 5.86. The van der Waals surface area contributed by atoms with Gasteiger partial charge in [0.15, 0.2) is 0 Å². The number of hydrogen-bond donors (Lipinski definition) is 6. The average molecular weight is 952 g/mol. The van der Waals surface area contributed by atoms with Crippen molar-refractivity contribution in [2.45, 2.75) is 76.5 Å². The Morgan fingerprint density at radius 1 is 0.735 bits per heavy atom. The number of nitrogens with one attached hydrogen (secondary N) is 1. The number of nitrogens with zero attached hydrogens (tertiary/aromatic N) is 13. The van der Waals surface area contributed by atoms with Crippen LogP contribution in [0.15, 0.2) is 12.4 Å². The third-order valence-electron chi connectivity index (χ3n) is 11.8. The van der Waals surface area contributed by atoms with Crippen molar-refractivity contribution < 1.29 is 33.4 Å². The summed E-state index contributed by atoms with van der Waals surface area (Å²) in [6, 6.07) is -2.78. The van der Waals surface area contributed by atoms with Crippen LogP contribution in [0.5, 0.6) is 0 Å². The number of piperazine rings is 2. The van der Waals surface area contributed by atoms with Crippen LogP contribution in [0.3, 0.4) is 0 Å². The van der Waals surface area contributed by atoms with Crippen LogP contribution in [0.1, 0.15) is 87.9 Å². The van der Waals surface area contributed by atoms with Gasteiger partial charge in [0.2, 0.25) is 41.5 Å². The Labute approximate surface area is 396 Å². The lowest BCUT2D eigenvalue weighted by atomic mass is 9.98. The second kappa shape index (κ2) is 27.0. The number of anilines is 3. The highest BCUT2D eigenvalue weighted by Crippen LogP contribution is 2.26. The van der Waals surface area contributed by atoms with E-state index in [0.717, 1.165) is 12.8 Å². The van der Waals surface area contributed by atoms with E-state index in [1.165, 1.54) is 9.36 Å². The lowest BCUT2D eigenvalue weighted by Crippen LogP contribution is -2.52. The molecule has 2 saturated heterocycles. The van der Waals surface area contributed by atoms with Crippen LogP contribution >= 0.6 is 0 Å². The van der Waals surface area contributed by atoms with E-state index in [2.05, 4.69) is 31.9 Å². The van der Waals surface area contributed by atoms with Gasteiger partial charge in [0.1, 0.15) is 18.7 Å². The molecule has 26 nitrogen and oxygen atoms in total. The Balaban J connectivity index is 1.26. The number of rotatable bonds is 29. The minimum absolute atomic E-state index is 0.105. The topological polar surface area (TPSA) is 351 Å². The summed E-state index contributed by atoms with van der Waals surface area (Å²) in [5.74, 6) is 2.01. The molecule has 0 saturated carbocycles. The monoisotopic (exact) mass is 952 g/mol. The molecule has 2 aliphatic rings. The Hall–Kier alpha value is -6.11. The van der Waals surface area contributed by atoms with Crippen LogP contribution in [0.2, 0.25) is 0 Å². The highest BCUT2D eigenvalue weighted by Gasteiger charge is 2.34. The fraction of sp³-hybridized carbons (Fsp3) is 0.690. The molecule has 0 radical (unpaired) electrons. The van der Waals surface area contributed by atoms with Crippen molar-refractivity contribution in [3.8, 4) is 12.3 Å². The van der Waals surface area contributed by atoms with E-state index >= 15 is 0 Å². The number of amides is 4. The van der Waals surface area contributed by atoms with Crippen LogP contribution in [-0.4, -0.2) is 183 Å². The summed E-state index contributed by atoms with van der Waals surface area (Å²) in [7, 11) is 0. The first-order valence-electron chi connectivity index (χ1n) is 23.2. The predicted molar refractivity (Wildman–Crippen MR) is 249 cm³/mol. The number of aromatic nitrogens is 9. The summed E-state index contributed by atoms with van der Waals surface area (Å²) in [5.41, 5.74) is 30.2. The zero-order valence-corrected chi connectivity index (χ0v) is 39.2. The van der Waals surface area contributed by atoms with Gasteiger partial charge in [-0.2, -0.15) is 15.0 Å². The number of hydrogen-bond acceptors (Lipinski definition) is 20. The van der Waals surface area contributed by atoms with E-state index in [0.29, 0.717) is 141 Å². The van der Waals surface area contributed by atoms with Gasteiger partial charge in [-0.25, -0.2) is 9.36 Å². The molecule has 5 heterocycles. The molecule has 374 valence electrons. The Bertz CT molecular complexity index is 2100. The van der Waals surface area contributed by atoms with Crippen LogP contribution in [0, 0.1) is 18.3 Å². The van der Waals surface area contributed by atoms with Crippen LogP contribution in [0.25, 0.3) is 0 Å². The van der Waals surface area contributed by atoms with Crippen molar-refractivity contribution in [1.82, 2.24) is 54.7 Å². The van der Waals surface area contributed by atoms with Gasteiger partial charge in [-0.15, -0.1) is 16.6 Å². The van der Waals surface area contributed by atoms with Gasteiger partial charge in [-0.3, -0.25) is 19.2 Å². The second-order valence-corrected chi connectivity index (χ2v) is 16.7. The molecule has 5 rings (SSSR count). The molecule has 0 aliphatic carbocycles. The maximum Gasteiger partial charge on any atom is 0.248 e. The molecule has 0 aromatic carbocycles. The van der Waals surface area contributed by atoms with Crippen LogP contribution < -0.4 is 43.8 Å². The lowest BCUT2D eigenvalue weighted by molar-refractivity contribution is -0.137. The Kier molecular flexibility index (Phi) is 21.0. The molecule has 0 spiro atoms. The first-order chi connectivity index (χ1) is 32.8. The SMILES string of the molecule is C#CCOCCOCCOCCNc1nc(N2CCN(C(=O)[C@H](CC(N)=O)n3cc(C(N)[C@@H](C)CC)nn3)CC2)nc(N2CCN(C(=O)[C@H](CCCCN)n3cc([C@@H](N)CC(N)=O)nn3)CC2)n1. The molecule has 3 aromatic rings. The van der Waals surface area contributed by atoms with Crippen molar-refractivity contribution in [2.24, 2.45) is 34.6 Å². The van der Waals surface area contributed by atoms with E-state index in [9.17, 15) is 19.2 Å². The summed E-state index contributed by atoms with van der Waals surface area (Å²) in [5, 5.41) is 20.0. The summed E-state index contributed by atoms with van der Waals surface area (Å²) >= 11 is 0. The molecule has 26 heteroatoms. The predicted octanol–water partition coefficient (Wildman–Crippen LogP) is -2.15. The molecule has 4 amide bonds. The van der Waals surface area contributed by atoms with Gasteiger partial charge in [-0.05, 0) is 31.7 Å². The molecule has 0 bridgehead atoms. The number of unbranched alkanes of at least 4 members (excludes halogenated alkanes) is 1. The van der Waals surface area contributed by atoms with Gasteiger partial charge in [0.05, 0.1) is 75.3 Å². The zero-order valence-electron chi connectivity index (χ0n) is 39.2. The first-order valence-corrected chi connectivity index (χ1v) is 23.2. The lowest BCUT2D eigenvalue weighted by Gasteiger charge is -2.38. The summed E-state index contributed by atoms with van der Waals surface area (Å²) in [6.07, 6.45) is 10.8. The number of carbonyl (C=O) groups excluding carboxylic acids is 4. The second-order valence-electron chi connectivity index (χ2n) is 16.7. The van der Waals surface area contributed by atoms with Crippen molar-refractivity contribution in [2.75, 3.05) is 120 Å². The molecule has 3 aromatic heterocycles. The van der Waals surface area contributed by atoms with Crippen LogP contribution in [-0.2, 0) is 33.4 Å². The average Bonchev–Trinajstić information content (AvgIpc) is 4.04. The third-order valence-corrected chi connectivity index (χ3v) is 11.8. The fourth-order valence-electron chi connectivity index (χ4n) is 7.61. The number of primary amides is 2. The molecular weight excluding hydrogens is 883 g/mol. The number of nitrogens with two attached hydrogens (primary N) is 5. The maximum atomic E-state index is 14.1.